The lowest BCUT2D eigenvalue weighted by atomic mass is 10.1. The van der Waals surface area contributed by atoms with Crippen LogP contribution in [0.25, 0.3) is 0 Å². The lowest BCUT2D eigenvalue weighted by Crippen LogP contribution is -2.24. The lowest BCUT2D eigenvalue weighted by Gasteiger charge is -2.23. The molecule has 1 saturated heterocycles. The van der Waals surface area contributed by atoms with Gasteiger partial charge < -0.3 is 25.3 Å². The molecular formula is C21H27ClN2O4. The van der Waals surface area contributed by atoms with E-state index in [-0.39, 0.29) is 24.4 Å². The van der Waals surface area contributed by atoms with Gasteiger partial charge in [0.25, 0.3) is 5.91 Å². The van der Waals surface area contributed by atoms with Gasteiger partial charge in [-0.15, -0.1) is 12.4 Å². The van der Waals surface area contributed by atoms with E-state index in [0.717, 1.165) is 37.4 Å². The van der Waals surface area contributed by atoms with Crippen molar-refractivity contribution in [2.24, 2.45) is 5.73 Å². The van der Waals surface area contributed by atoms with Crippen molar-refractivity contribution in [3.05, 3.63) is 59.7 Å². The summed E-state index contributed by atoms with van der Waals surface area (Å²) >= 11 is 0. The van der Waals surface area contributed by atoms with E-state index < -0.39 is 0 Å². The number of hydrogen-bond acceptors (Lipinski definition) is 5. The number of nitrogens with two attached hydrogens (primary N) is 1. The summed E-state index contributed by atoms with van der Waals surface area (Å²) in [5.74, 6) is 0.570. The van der Waals surface area contributed by atoms with E-state index in [1.54, 1.807) is 0 Å². The van der Waals surface area contributed by atoms with Crippen LogP contribution >= 0.6 is 12.4 Å². The van der Waals surface area contributed by atoms with Crippen LogP contribution < -0.4 is 15.8 Å². The van der Waals surface area contributed by atoms with Gasteiger partial charge in [-0.05, 0) is 48.7 Å². The molecule has 2 aromatic carbocycles. The van der Waals surface area contributed by atoms with Crippen molar-refractivity contribution < 1.29 is 19.0 Å². The third-order valence-electron chi connectivity index (χ3n) is 4.40. The number of amides is 1. The van der Waals surface area contributed by atoms with E-state index in [4.69, 9.17) is 19.9 Å². The zero-order valence-electron chi connectivity index (χ0n) is 15.8. The van der Waals surface area contributed by atoms with Crippen molar-refractivity contribution >= 4 is 24.0 Å². The number of rotatable bonds is 8. The van der Waals surface area contributed by atoms with E-state index in [0.29, 0.717) is 31.0 Å². The standard InChI is InChI=1S/C21H26N2O4.ClH/c22-11-14-26-18-7-5-17(6-8-18)23-21(24)20-4-2-1-3-16(20)15-27-19-9-12-25-13-10-19;/h1-8,19H,9-15,22H2,(H,23,24);1H. The Morgan fingerprint density at radius 3 is 2.54 bits per heavy atom. The summed E-state index contributed by atoms with van der Waals surface area (Å²) in [5.41, 5.74) is 7.63. The van der Waals surface area contributed by atoms with E-state index in [2.05, 4.69) is 5.32 Å². The number of benzene rings is 2. The first-order valence-corrected chi connectivity index (χ1v) is 9.28. The lowest BCUT2D eigenvalue weighted by molar-refractivity contribution is -0.0391. The molecule has 0 bridgehead atoms. The quantitative estimate of drug-likeness (QED) is 0.702. The minimum atomic E-state index is -0.156. The van der Waals surface area contributed by atoms with Crippen LogP contribution in [-0.2, 0) is 16.1 Å². The molecule has 152 valence electrons. The third kappa shape index (κ3) is 6.49. The number of hydrogen-bond donors (Lipinski definition) is 2. The van der Waals surface area contributed by atoms with Crippen LogP contribution in [0, 0.1) is 0 Å². The predicted octanol–water partition coefficient (Wildman–Crippen LogP) is 3.39. The zero-order valence-corrected chi connectivity index (χ0v) is 16.6. The van der Waals surface area contributed by atoms with Crippen LogP contribution in [0.2, 0.25) is 0 Å². The Bertz CT molecular complexity index is 733. The van der Waals surface area contributed by atoms with Crippen LogP contribution in [-0.4, -0.2) is 38.4 Å². The minimum Gasteiger partial charge on any atom is -0.492 e. The molecule has 0 spiro atoms. The van der Waals surface area contributed by atoms with Gasteiger partial charge in [0.1, 0.15) is 12.4 Å². The van der Waals surface area contributed by atoms with Gasteiger partial charge in [0, 0.05) is 31.0 Å². The fraction of sp³-hybridized carbons (Fsp3) is 0.381. The summed E-state index contributed by atoms with van der Waals surface area (Å²) in [6, 6.07) is 14.8. The van der Waals surface area contributed by atoms with Crippen LogP contribution in [0.3, 0.4) is 0 Å². The molecule has 0 atom stereocenters. The number of anilines is 1. The molecule has 6 nitrogen and oxygen atoms in total. The van der Waals surface area contributed by atoms with E-state index in [1.807, 2.05) is 48.5 Å². The van der Waals surface area contributed by atoms with Crippen molar-refractivity contribution in [3.8, 4) is 5.75 Å². The Labute approximate surface area is 171 Å². The summed E-state index contributed by atoms with van der Waals surface area (Å²) < 4.78 is 16.8. The average molecular weight is 407 g/mol. The minimum absolute atomic E-state index is 0. The topological polar surface area (TPSA) is 82.8 Å². The molecule has 0 radical (unpaired) electrons. The smallest absolute Gasteiger partial charge is 0.256 e. The zero-order chi connectivity index (χ0) is 18.9. The molecule has 3 rings (SSSR count). The van der Waals surface area contributed by atoms with Gasteiger partial charge in [-0.25, -0.2) is 0 Å². The first-order chi connectivity index (χ1) is 13.3. The van der Waals surface area contributed by atoms with Crippen LogP contribution in [0.5, 0.6) is 5.75 Å². The number of carbonyl (C=O) groups excluding carboxylic acids is 1. The SMILES string of the molecule is Cl.NCCOc1ccc(NC(=O)c2ccccc2COC2CCOCC2)cc1. The first-order valence-electron chi connectivity index (χ1n) is 9.28. The summed E-state index contributed by atoms with van der Waals surface area (Å²) in [6.45, 7) is 2.81. The second-order valence-electron chi connectivity index (χ2n) is 6.40. The Kier molecular flexibility index (Phi) is 9.23. The second-order valence-corrected chi connectivity index (χ2v) is 6.40. The van der Waals surface area contributed by atoms with Crippen molar-refractivity contribution in [3.63, 3.8) is 0 Å². The third-order valence-corrected chi connectivity index (χ3v) is 4.40. The largest absolute Gasteiger partial charge is 0.492 e. The molecule has 28 heavy (non-hydrogen) atoms. The van der Waals surface area contributed by atoms with Crippen LogP contribution in [0.4, 0.5) is 5.69 Å². The number of ether oxygens (including phenoxy) is 3. The molecule has 7 heteroatoms. The number of nitrogens with one attached hydrogen (secondary N) is 1. The van der Waals surface area contributed by atoms with Gasteiger partial charge in [-0.3, -0.25) is 4.79 Å². The maximum Gasteiger partial charge on any atom is 0.256 e. The van der Waals surface area contributed by atoms with Gasteiger partial charge in [-0.1, -0.05) is 18.2 Å². The van der Waals surface area contributed by atoms with Crippen molar-refractivity contribution in [2.75, 3.05) is 31.7 Å². The molecule has 0 aromatic heterocycles. The molecule has 1 heterocycles. The molecule has 1 aliphatic heterocycles. The summed E-state index contributed by atoms with van der Waals surface area (Å²) in [7, 11) is 0. The Hall–Kier alpha value is -2.12. The van der Waals surface area contributed by atoms with E-state index in [1.165, 1.54) is 0 Å². The summed E-state index contributed by atoms with van der Waals surface area (Å²) in [5, 5.41) is 2.93. The fourth-order valence-electron chi connectivity index (χ4n) is 2.93. The average Bonchev–Trinajstić information content (AvgIpc) is 2.72. The molecule has 0 aliphatic carbocycles. The monoisotopic (exact) mass is 406 g/mol. The normalized spacial score (nSPS) is 14.2. The highest BCUT2D eigenvalue weighted by Gasteiger charge is 2.16. The van der Waals surface area contributed by atoms with Gasteiger partial charge >= 0.3 is 0 Å². The highest BCUT2D eigenvalue weighted by atomic mass is 35.5. The maximum absolute atomic E-state index is 12.7. The van der Waals surface area contributed by atoms with Gasteiger partial charge in [-0.2, -0.15) is 0 Å². The molecule has 1 amide bonds. The van der Waals surface area contributed by atoms with Gasteiger partial charge in [0.15, 0.2) is 0 Å². The van der Waals surface area contributed by atoms with E-state index in [9.17, 15) is 4.79 Å². The van der Waals surface area contributed by atoms with Gasteiger partial charge in [0.05, 0.1) is 12.7 Å². The van der Waals surface area contributed by atoms with Crippen molar-refractivity contribution in [2.45, 2.75) is 25.6 Å². The number of halogens is 1. The molecule has 1 aliphatic rings. The highest BCUT2D eigenvalue weighted by molar-refractivity contribution is 6.05. The molecule has 0 saturated carbocycles. The molecule has 2 aromatic rings. The molecular weight excluding hydrogens is 380 g/mol. The summed E-state index contributed by atoms with van der Waals surface area (Å²) in [4.78, 5) is 12.7. The summed E-state index contributed by atoms with van der Waals surface area (Å²) in [6.07, 6.45) is 1.98. The van der Waals surface area contributed by atoms with Crippen molar-refractivity contribution in [1.29, 1.82) is 0 Å². The Balaban J connectivity index is 0.00000280. The predicted molar refractivity (Wildman–Crippen MR) is 111 cm³/mol. The van der Waals surface area contributed by atoms with Gasteiger partial charge in [0.2, 0.25) is 0 Å². The van der Waals surface area contributed by atoms with E-state index >= 15 is 0 Å². The van der Waals surface area contributed by atoms with Crippen molar-refractivity contribution in [1.82, 2.24) is 0 Å². The second kappa shape index (κ2) is 11.7. The molecule has 1 fully saturated rings. The fourth-order valence-corrected chi connectivity index (χ4v) is 2.93. The van der Waals surface area contributed by atoms with Crippen LogP contribution in [0.1, 0.15) is 28.8 Å². The Morgan fingerprint density at radius 2 is 1.82 bits per heavy atom. The first kappa shape index (κ1) is 22.2. The molecule has 3 N–H and O–H groups in total. The maximum atomic E-state index is 12.7. The number of carbonyl (C=O) groups is 1. The highest BCUT2D eigenvalue weighted by Crippen LogP contribution is 2.19. The van der Waals surface area contributed by atoms with Crippen LogP contribution in [0.15, 0.2) is 48.5 Å². The Morgan fingerprint density at radius 1 is 1.11 bits per heavy atom. The molecule has 0 unspecified atom stereocenters.